The summed E-state index contributed by atoms with van der Waals surface area (Å²) in [5, 5.41) is 0. The zero-order valence-corrected chi connectivity index (χ0v) is 10.3. The Morgan fingerprint density at radius 1 is 1.27 bits per heavy atom. The first-order valence-electron chi connectivity index (χ1n) is 5.45. The molecule has 0 spiro atoms. The van der Waals surface area contributed by atoms with Crippen LogP contribution in [0.3, 0.4) is 0 Å². The molecule has 0 unspecified atom stereocenters. The van der Waals surface area contributed by atoms with Crippen LogP contribution in [0.5, 0.6) is 0 Å². The number of rotatable bonds is 4. The van der Waals surface area contributed by atoms with Crippen LogP contribution in [-0.4, -0.2) is 17.1 Å². The van der Waals surface area contributed by atoms with Crippen molar-refractivity contribution in [3.05, 3.63) is 22.8 Å². The first kappa shape index (κ1) is 12.1. The molecule has 0 saturated heterocycles. The summed E-state index contributed by atoms with van der Waals surface area (Å²) in [6.07, 6.45) is 0.932. The van der Waals surface area contributed by atoms with Crippen LogP contribution in [0.1, 0.15) is 49.5 Å². The Morgan fingerprint density at radius 3 is 2.40 bits per heavy atom. The molecule has 0 aliphatic heterocycles. The second kappa shape index (κ2) is 5.21. The highest BCUT2D eigenvalue weighted by atomic mass is 16.5. The van der Waals surface area contributed by atoms with Crippen molar-refractivity contribution in [2.75, 3.05) is 7.11 Å². The number of nitrogens with zero attached hydrogens (tertiary/aromatic N) is 2. The van der Waals surface area contributed by atoms with E-state index in [1.54, 1.807) is 7.11 Å². The molecule has 0 N–H and O–H groups in total. The zero-order chi connectivity index (χ0) is 11.4. The Bertz CT molecular complexity index is 335. The molecule has 1 aromatic heterocycles. The second-order valence-corrected chi connectivity index (χ2v) is 4.03. The molecule has 1 rings (SSSR count). The predicted octanol–water partition coefficient (Wildman–Crippen LogP) is 2.62. The summed E-state index contributed by atoms with van der Waals surface area (Å²) in [4.78, 5) is 9.09. The number of hydrogen-bond donors (Lipinski definition) is 0. The van der Waals surface area contributed by atoms with E-state index in [1.807, 2.05) is 6.92 Å². The maximum atomic E-state index is 5.17. The SMILES string of the molecule is CCc1nc(C(C)C)nc(C)c1COC. The summed E-state index contributed by atoms with van der Waals surface area (Å²) in [6.45, 7) is 8.98. The Labute approximate surface area is 91.9 Å². The fourth-order valence-electron chi connectivity index (χ4n) is 1.56. The second-order valence-electron chi connectivity index (χ2n) is 4.03. The van der Waals surface area contributed by atoms with Gasteiger partial charge in [-0.3, -0.25) is 0 Å². The normalized spacial score (nSPS) is 11.1. The van der Waals surface area contributed by atoms with E-state index in [2.05, 4.69) is 30.7 Å². The van der Waals surface area contributed by atoms with Crippen LogP contribution in [0.2, 0.25) is 0 Å². The summed E-state index contributed by atoms with van der Waals surface area (Å²) in [7, 11) is 1.70. The van der Waals surface area contributed by atoms with Crippen molar-refractivity contribution in [3.63, 3.8) is 0 Å². The lowest BCUT2D eigenvalue weighted by molar-refractivity contribution is 0.182. The lowest BCUT2D eigenvalue weighted by Crippen LogP contribution is -2.09. The minimum atomic E-state index is 0.380. The molecule has 1 aromatic rings. The minimum Gasteiger partial charge on any atom is -0.380 e. The maximum absolute atomic E-state index is 5.17. The van der Waals surface area contributed by atoms with Crippen molar-refractivity contribution < 1.29 is 4.74 Å². The number of ether oxygens (including phenoxy) is 1. The highest BCUT2D eigenvalue weighted by Gasteiger charge is 2.11. The smallest absolute Gasteiger partial charge is 0.131 e. The van der Waals surface area contributed by atoms with Gasteiger partial charge in [0.05, 0.1) is 6.61 Å². The highest BCUT2D eigenvalue weighted by molar-refractivity contribution is 5.25. The van der Waals surface area contributed by atoms with Gasteiger partial charge in [-0.1, -0.05) is 20.8 Å². The van der Waals surface area contributed by atoms with Crippen LogP contribution < -0.4 is 0 Å². The molecule has 0 bridgehead atoms. The molecule has 15 heavy (non-hydrogen) atoms. The Kier molecular flexibility index (Phi) is 4.21. The molecule has 3 heteroatoms. The highest BCUT2D eigenvalue weighted by Crippen LogP contribution is 2.17. The fourth-order valence-corrected chi connectivity index (χ4v) is 1.56. The van der Waals surface area contributed by atoms with Gasteiger partial charge in [0.25, 0.3) is 0 Å². The number of hydrogen-bond acceptors (Lipinski definition) is 3. The van der Waals surface area contributed by atoms with Gasteiger partial charge >= 0.3 is 0 Å². The lowest BCUT2D eigenvalue weighted by atomic mass is 10.1. The molecule has 84 valence electrons. The standard InChI is InChI=1S/C12H20N2O/c1-6-11-10(7-15-5)9(4)13-12(14-11)8(2)3/h8H,6-7H2,1-5H3. The Balaban J connectivity index is 3.18. The van der Waals surface area contributed by atoms with Crippen molar-refractivity contribution in [3.8, 4) is 0 Å². The summed E-state index contributed by atoms with van der Waals surface area (Å²) in [6, 6.07) is 0. The minimum absolute atomic E-state index is 0.380. The first-order valence-corrected chi connectivity index (χ1v) is 5.45. The van der Waals surface area contributed by atoms with Crippen molar-refractivity contribution in [1.29, 1.82) is 0 Å². The third kappa shape index (κ3) is 2.75. The molecule has 3 nitrogen and oxygen atoms in total. The monoisotopic (exact) mass is 208 g/mol. The third-order valence-corrected chi connectivity index (χ3v) is 2.46. The zero-order valence-electron chi connectivity index (χ0n) is 10.3. The topological polar surface area (TPSA) is 35.0 Å². The van der Waals surface area contributed by atoms with Crippen LogP contribution in [0.25, 0.3) is 0 Å². The van der Waals surface area contributed by atoms with E-state index in [-0.39, 0.29) is 0 Å². The molecule has 0 aliphatic rings. The maximum Gasteiger partial charge on any atom is 0.131 e. The van der Waals surface area contributed by atoms with Crippen LogP contribution >= 0.6 is 0 Å². The average Bonchev–Trinajstić information content (AvgIpc) is 2.20. The Hall–Kier alpha value is -0.960. The van der Waals surface area contributed by atoms with Gasteiger partial charge in [0.15, 0.2) is 0 Å². The van der Waals surface area contributed by atoms with Gasteiger partial charge in [0, 0.05) is 30.0 Å². The molecule has 1 heterocycles. The number of methoxy groups -OCH3 is 1. The Morgan fingerprint density at radius 2 is 1.93 bits per heavy atom. The van der Waals surface area contributed by atoms with Crippen molar-refractivity contribution in [2.24, 2.45) is 0 Å². The van der Waals surface area contributed by atoms with E-state index in [1.165, 1.54) is 0 Å². The molecule has 0 amide bonds. The summed E-state index contributed by atoms with van der Waals surface area (Å²) in [5.41, 5.74) is 3.31. The lowest BCUT2D eigenvalue weighted by Gasteiger charge is -2.13. The van der Waals surface area contributed by atoms with Crippen molar-refractivity contribution in [2.45, 2.75) is 46.6 Å². The molecule has 0 saturated carbocycles. The quantitative estimate of drug-likeness (QED) is 0.763. The number of aromatic nitrogens is 2. The molecular weight excluding hydrogens is 188 g/mol. The van der Waals surface area contributed by atoms with Crippen molar-refractivity contribution >= 4 is 0 Å². The van der Waals surface area contributed by atoms with Crippen LogP contribution in [-0.2, 0) is 17.8 Å². The summed E-state index contributed by atoms with van der Waals surface area (Å²) in [5.74, 6) is 1.31. The van der Waals surface area contributed by atoms with Crippen molar-refractivity contribution in [1.82, 2.24) is 9.97 Å². The van der Waals surface area contributed by atoms with E-state index in [9.17, 15) is 0 Å². The molecular formula is C12H20N2O. The van der Waals surface area contributed by atoms with Crippen LogP contribution in [0.15, 0.2) is 0 Å². The third-order valence-electron chi connectivity index (χ3n) is 2.46. The first-order chi connectivity index (χ1) is 7.10. The average molecular weight is 208 g/mol. The van der Waals surface area contributed by atoms with Gasteiger partial charge in [-0.2, -0.15) is 0 Å². The summed E-state index contributed by atoms with van der Waals surface area (Å²) < 4.78 is 5.17. The largest absolute Gasteiger partial charge is 0.380 e. The van der Waals surface area contributed by atoms with Gasteiger partial charge in [-0.15, -0.1) is 0 Å². The summed E-state index contributed by atoms with van der Waals surface area (Å²) >= 11 is 0. The van der Waals surface area contributed by atoms with E-state index < -0.39 is 0 Å². The van der Waals surface area contributed by atoms with E-state index in [4.69, 9.17) is 4.74 Å². The van der Waals surface area contributed by atoms with Crippen LogP contribution in [0.4, 0.5) is 0 Å². The van der Waals surface area contributed by atoms with Gasteiger partial charge in [0.2, 0.25) is 0 Å². The molecule has 0 aromatic carbocycles. The fraction of sp³-hybridized carbons (Fsp3) is 0.667. The number of aryl methyl sites for hydroxylation is 2. The predicted molar refractivity (Wildman–Crippen MR) is 60.9 cm³/mol. The molecule has 0 atom stereocenters. The van der Waals surface area contributed by atoms with Gasteiger partial charge in [-0.05, 0) is 13.3 Å². The molecule has 0 fully saturated rings. The van der Waals surface area contributed by atoms with Gasteiger partial charge in [-0.25, -0.2) is 9.97 Å². The van der Waals surface area contributed by atoms with Crippen LogP contribution in [0, 0.1) is 6.92 Å². The van der Waals surface area contributed by atoms with E-state index in [0.717, 1.165) is 29.2 Å². The van der Waals surface area contributed by atoms with E-state index >= 15 is 0 Å². The van der Waals surface area contributed by atoms with E-state index in [0.29, 0.717) is 12.5 Å². The van der Waals surface area contributed by atoms with Gasteiger partial charge < -0.3 is 4.74 Å². The molecule has 0 aliphatic carbocycles. The molecule has 0 radical (unpaired) electrons. The van der Waals surface area contributed by atoms with Gasteiger partial charge in [0.1, 0.15) is 5.82 Å².